The van der Waals surface area contributed by atoms with E-state index in [0.29, 0.717) is 41.9 Å². The molecular weight excluding hydrogens is 370 g/mol. The number of fused-ring (bicyclic) bond motifs is 1. The molecule has 0 N–H and O–H groups in total. The van der Waals surface area contributed by atoms with Gasteiger partial charge in [0.1, 0.15) is 0 Å². The van der Waals surface area contributed by atoms with Crippen molar-refractivity contribution in [3.8, 4) is 22.9 Å². The molecule has 3 aromatic rings. The van der Waals surface area contributed by atoms with Gasteiger partial charge in [-0.25, -0.2) is 0 Å². The number of hydrogen-bond donors (Lipinski definition) is 0. The van der Waals surface area contributed by atoms with Crippen molar-refractivity contribution in [2.45, 2.75) is 19.4 Å². The Morgan fingerprint density at radius 3 is 2.86 bits per heavy atom. The SMILES string of the molecule is O=C(c1ccc2c(c1)OCO2)[C@@H]1CCCN(Cc2nc(-c3ccccc3)no2)C1. The fourth-order valence-corrected chi connectivity index (χ4v) is 3.91. The van der Waals surface area contributed by atoms with E-state index in [0.717, 1.165) is 24.9 Å². The number of nitrogens with zero attached hydrogens (tertiary/aromatic N) is 3. The summed E-state index contributed by atoms with van der Waals surface area (Å²) in [5.41, 5.74) is 1.60. The number of benzene rings is 2. The number of hydrogen-bond acceptors (Lipinski definition) is 7. The number of ketones is 1. The first-order valence-electron chi connectivity index (χ1n) is 9.80. The monoisotopic (exact) mass is 391 g/mol. The predicted molar refractivity (Wildman–Crippen MR) is 105 cm³/mol. The molecule has 0 saturated carbocycles. The van der Waals surface area contributed by atoms with Crippen molar-refractivity contribution in [2.24, 2.45) is 5.92 Å². The molecule has 5 rings (SSSR count). The van der Waals surface area contributed by atoms with Gasteiger partial charge in [-0.15, -0.1) is 0 Å². The zero-order valence-electron chi connectivity index (χ0n) is 15.9. The number of ether oxygens (including phenoxy) is 2. The van der Waals surface area contributed by atoms with E-state index in [4.69, 9.17) is 14.0 Å². The number of Topliss-reactive ketones (excluding diaryl/α,β-unsaturated/α-hetero) is 1. The van der Waals surface area contributed by atoms with E-state index in [9.17, 15) is 4.79 Å². The van der Waals surface area contributed by atoms with Crippen LogP contribution in [0.25, 0.3) is 11.4 Å². The van der Waals surface area contributed by atoms with Crippen LogP contribution in [0.15, 0.2) is 53.1 Å². The van der Waals surface area contributed by atoms with Crippen LogP contribution in [0.1, 0.15) is 29.1 Å². The maximum atomic E-state index is 13.0. The maximum Gasteiger partial charge on any atom is 0.241 e. The normalized spacial score (nSPS) is 18.7. The predicted octanol–water partition coefficient (Wildman–Crippen LogP) is 3.56. The molecule has 1 saturated heterocycles. The van der Waals surface area contributed by atoms with Crippen LogP contribution in [0.2, 0.25) is 0 Å². The molecule has 148 valence electrons. The molecule has 2 aliphatic heterocycles. The van der Waals surface area contributed by atoms with Gasteiger partial charge in [0.05, 0.1) is 6.54 Å². The summed E-state index contributed by atoms with van der Waals surface area (Å²) >= 11 is 0. The highest BCUT2D eigenvalue weighted by atomic mass is 16.7. The summed E-state index contributed by atoms with van der Waals surface area (Å²) in [7, 11) is 0. The van der Waals surface area contributed by atoms with Gasteiger partial charge in [0.25, 0.3) is 0 Å². The largest absolute Gasteiger partial charge is 0.454 e. The smallest absolute Gasteiger partial charge is 0.241 e. The van der Waals surface area contributed by atoms with Crippen LogP contribution >= 0.6 is 0 Å². The van der Waals surface area contributed by atoms with Crippen LogP contribution in [0.3, 0.4) is 0 Å². The first-order chi connectivity index (χ1) is 14.3. The topological polar surface area (TPSA) is 77.7 Å². The molecule has 0 spiro atoms. The minimum absolute atomic E-state index is 0.0550. The van der Waals surface area contributed by atoms with E-state index in [-0.39, 0.29) is 18.5 Å². The van der Waals surface area contributed by atoms with Gasteiger partial charge in [0.2, 0.25) is 18.5 Å². The fraction of sp³-hybridized carbons (Fsp3) is 0.318. The number of carbonyl (C=O) groups excluding carboxylic acids is 1. The van der Waals surface area contributed by atoms with Crippen LogP contribution in [0.5, 0.6) is 11.5 Å². The Balaban J connectivity index is 1.25. The van der Waals surface area contributed by atoms with Crippen LogP contribution in [0, 0.1) is 5.92 Å². The van der Waals surface area contributed by atoms with Gasteiger partial charge < -0.3 is 14.0 Å². The molecule has 0 amide bonds. The summed E-state index contributed by atoms with van der Waals surface area (Å²) < 4.78 is 16.2. The highest BCUT2D eigenvalue weighted by molar-refractivity contribution is 5.98. The van der Waals surface area contributed by atoms with Gasteiger partial charge in [0.15, 0.2) is 17.3 Å². The third-order valence-electron chi connectivity index (χ3n) is 5.39. The van der Waals surface area contributed by atoms with E-state index >= 15 is 0 Å². The van der Waals surface area contributed by atoms with Crippen LogP contribution in [0.4, 0.5) is 0 Å². The average molecular weight is 391 g/mol. The molecule has 0 radical (unpaired) electrons. The standard InChI is InChI=1S/C22H21N3O4/c26-21(16-8-9-18-19(11-16)28-14-27-18)17-7-4-10-25(12-17)13-20-23-22(24-29-20)15-5-2-1-3-6-15/h1-3,5-6,8-9,11,17H,4,7,10,12-14H2/t17-/m1/s1. The number of rotatable bonds is 5. The first-order valence-corrected chi connectivity index (χ1v) is 9.80. The summed E-state index contributed by atoms with van der Waals surface area (Å²) in [6, 6.07) is 15.2. The molecular formula is C22H21N3O4. The van der Waals surface area contributed by atoms with Crippen molar-refractivity contribution < 1.29 is 18.8 Å². The van der Waals surface area contributed by atoms with Gasteiger partial charge in [0, 0.05) is 23.6 Å². The molecule has 7 heteroatoms. The summed E-state index contributed by atoms with van der Waals surface area (Å²) in [6.45, 7) is 2.34. The minimum Gasteiger partial charge on any atom is -0.454 e. The van der Waals surface area contributed by atoms with Crippen molar-refractivity contribution in [3.05, 3.63) is 60.0 Å². The lowest BCUT2D eigenvalue weighted by Gasteiger charge is -2.30. The van der Waals surface area contributed by atoms with Crippen LogP contribution < -0.4 is 9.47 Å². The molecule has 2 aromatic carbocycles. The second-order valence-electron chi connectivity index (χ2n) is 7.38. The van der Waals surface area contributed by atoms with E-state index < -0.39 is 0 Å². The second kappa shape index (κ2) is 7.67. The molecule has 2 aliphatic rings. The Labute approximate surface area is 168 Å². The lowest BCUT2D eigenvalue weighted by Crippen LogP contribution is -2.38. The highest BCUT2D eigenvalue weighted by Crippen LogP contribution is 2.34. The minimum atomic E-state index is -0.0550. The fourth-order valence-electron chi connectivity index (χ4n) is 3.91. The lowest BCUT2D eigenvalue weighted by atomic mass is 9.90. The third-order valence-corrected chi connectivity index (χ3v) is 5.39. The summed E-state index contributed by atoms with van der Waals surface area (Å²) in [6.07, 6.45) is 1.84. The van der Waals surface area contributed by atoms with Crippen molar-refractivity contribution in [1.82, 2.24) is 15.0 Å². The quantitative estimate of drug-likeness (QED) is 0.616. The third kappa shape index (κ3) is 3.73. The molecule has 1 atom stereocenters. The van der Waals surface area contributed by atoms with E-state index in [2.05, 4.69) is 15.0 Å². The Kier molecular flexibility index (Phi) is 4.73. The Morgan fingerprint density at radius 2 is 1.97 bits per heavy atom. The zero-order chi connectivity index (χ0) is 19.6. The molecule has 1 fully saturated rings. The van der Waals surface area contributed by atoms with Crippen molar-refractivity contribution in [2.75, 3.05) is 19.9 Å². The maximum absolute atomic E-state index is 13.0. The summed E-state index contributed by atoms with van der Waals surface area (Å²) in [5.74, 6) is 2.58. The molecule has 0 unspecified atom stereocenters. The van der Waals surface area contributed by atoms with Crippen molar-refractivity contribution >= 4 is 5.78 Å². The summed E-state index contributed by atoms with van der Waals surface area (Å²) in [5, 5.41) is 4.08. The Bertz CT molecular complexity index is 1020. The molecule has 7 nitrogen and oxygen atoms in total. The lowest BCUT2D eigenvalue weighted by molar-refractivity contribution is 0.0796. The molecule has 29 heavy (non-hydrogen) atoms. The van der Waals surface area contributed by atoms with Gasteiger partial charge >= 0.3 is 0 Å². The van der Waals surface area contributed by atoms with Crippen LogP contribution in [-0.4, -0.2) is 40.7 Å². The Hall–Kier alpha value is -3.19. The van der Waals surface area contributed by atoms with Gasteiger partial charge in [-0.2, -0.15) is 4.98 Å². The van der Waals surface area contributed by atoms with Gasteiger partial charge in [-0.05, 0) is 37.6 Å². The molecule has 0 bridgehead atoms. The zero-order valence-corrected chi connectivity index (χ0v) is 15.9. The van der Waals surface area contributed by atoms with Gasteiger partial charge in [-0.3, -0.25) is 9.69 Å². The molecule has 1 aromatic heterocycles. The highest BCUT2D eigenvalue weighted by Gasteiger charge is 2.28. The van der Waals surface area contributed by atoms with Gasteiger partial charge in [-0.1, -0.05) is 35.5 Å². The van der Waals surface area contributed by atoms with E-state index in [1.807, 2.05) is 36.4 Å². The second-order valence-corrected chi connectivity index (χ2v) is 7.38. The number of likely N-dealkylation sites (tertiary alicyclic amines) is 1. The molecule has 0 aliphatic carbocycles. The van der Waals surface area contributed by atoms with E-state index in [1.54, 1.807) is 12.1 Å². The average Bonchev–Trinajstić information content (AvgIpc) is 3.43. The number of carbonyl (C=O) groups is 1. The van der Waals surface area contributed by atoms with Crippen molar-refractivity contribution in [3.63, 3.8) is 0 Å². The molecule has 3 heterocycles. The Morgan fingerprint density at radius 1 is 1.10 bits per heavy atom. The van der Waals surface area contributed by atoms with E-state index in [1.165, 1.54) is 0 Å². The van der Waals surface area contributed by atoms with Crippen LogP contribution in [-0.2, 0) is 6.54 Å². The number of piperidine rings is 1. The number of aromatic nitrogens is 2. The first kappa shape index (κ1) is 17.9. The summed E-state index contributed by atoms with van der Waals surface area (Å²) in [4.78, 5) is 19.7. The van der Waals surface area contributed by atoms with Crippen molar-refractivity contribution in [1.29, 1.82) is 0 Å².